The molecule has 0 heterocycles. The minimum atomic E-state index is -0.171. The van der Waals surface area contributed by atoms with Gasteiger partial charge < -0.3 is 5.32 Å². The third-order valence-electron chi connectivity index (χ3n) is 3.84. The molecule has 0 bridgehead atoms. The van der Waals surface area contributed by atoms with Gasteiger partial charge in [0.1, 0.15) is 5.82 Å². The van der Waals surface area contributed by atoms with Gasteiger partial charge in [-0.15, -0.1) is 12.4 Å². The Bertz CT molecular complexity index is 553. The van der Waals surface area contributed by atoms with E-state index in [1.807, 2.05) is 19.2 Å². The van der Waals surface area contributed by atoms with Gasteiger partial charge in [0, 0.05) is 12.0 Å². The first-order valence-corrected chi connectivity index (χ1v) is 6.31. The van der Waals surface area contributed by atoms with Crippen LogP contribution in [0.2, 0.25) is 0 Å². The van der Waals surface area contributed by atoms with E-state index < -0.39 is 0 Å². The van der Waals surface area contributed by atoms with E-state index in [-0.39, 0.29) is 18.2 Å². The van der Waals surface area contributed by atoms with Crippen LogP contribution in [0.4, 0.5) is 4.39 Å². The van der Waals surface area contributed by atoms with Gasteiger partial charge in [-0.2, -0.15) is 0 Å². The van der Waals surface area contributed by atoms with E-state index in [9.17, 15) is 4.39 Å². The highest BCUT2D eigenvalue weighted by Crippen LogP contribution is 2.43. The molecule has 0 saturated carbocycles. The van der Waals surface area contributed by atoms with Crippen LogP contribution >= 0.6 is 12.4 Å². The summed E-state index contributed by atoms with van der Waals surface area (Å²) in [6.07, 6.45) is 1.04. The second kappa shape index (κ2) is 5.72. The molecule has 2 aromatic rings. The van der Waals surface area contributed by atoms with Gasteiger partial charge in [0.2, 0.25) is 0 Å². The van der Waals surface area contributed by atoms with Gasteiger partial charge in [-0.05, 0) is 42.3 Å². The highest BCUT2D eigenvalue weighted by molar-refractivity contribution is 5.85. The van der Waals surface area contributed by atoms with Crippen LogP contribution in [0.15, 0.2) is 48.5 Å². The van der Waals surface area contributed by atoms with Gasteiger partial charge in [0.05, 0.1) is 0 Å². The summed E-state index contributed by atoms with van der Waals surface area (Å²) in [6, 6.07) is 15.8. The minimum Gasteiger partial charge on any atom is -0.313 e. The number of rotatable bonds is 2. The molecular formula is C16H17ClFN. The molecule has 0 aliphatic heterocycles. The van der Waals surface area contributed by atoms with E-state index in [0.29, 0.717) is 12.0 Å². The van der Waals surface area contributed by atoms with E-state index in [1.165, 1.54) is 16.7 Å². The minimum absolute atomic E-state index is 0. The average molecular weight is 278 g/mol. The molecule has 2 aromatic carbocycles. The average Bonchev–Trinajstić information content (AvgIpc) is 2.79. The predicted molar refractivity (Wildman–Crippen MR) is 78.4 cm³/mol. The Morgan fingerprint density at radius 1 is 1.00 bits per heavy atom. The molecule has 100 valence electrons. The maximum Gasteiger partial charge on any atom is 0.123 e. The molecule has 1 aliphatic rings. The Kier molecular flexibility index (Phi) is 4.23. The number of hydrogen-bond acceptors (Lipinski definition) is 1. The van der Waals surface area contributed by atoms with Crippen molar-refractivity contribution in [3.05, 3.63) is 71.0 Å². The highest BCUT2D eigenvalue weighted by atomic mass is 35.5. The van der Waals surface area contributed by atoms with Crippen LogP contribution < -0.4 is 5.32 Å². The van der Waals surface area contributed by atoms with Gasteiger partial charge in [-0.25, -0.2) is 4.39 Å². The molecule has 0 radical (unpaired) electrons. The van der Waals surface area contributed by atoms with Crippen LogP contribution in [0.25, 0.3) is 0 Å². The molecule has 0 aromatic heterocycles. The Labute approximate surface area is 119 Å². The molecule has 0 saturated heterocycles. The van der Waals surface area contributed by atoms with Crippen molar-refractivity contribution in [2.45, 2.75) is 18.4 Å². The van der Waals surface area contributed by atoms with Crippen LogP contribution in [0.3, 0.4) is 0 Å². The van der Waals surface area contributed by atoms with Crippen molar-refractivity contribution in [2.24, 2.45) is 0 Å². The Hall–Kier alpha value is -1.38. The Balaban J connectivity index is 0.00000133. The maximum absolute atomic E-state index is 13.0. The third-order valence-corrected chi connectivity index (χ3v) is 3.84. The van der Waals surface area contributed by atoms with Gasteiger partial charge in [0.25, 0.3) is 0 Å². The molecular weight excluding hydrogens is 261 g/mol. The molecule has 1 nitrogen and oxygen atoms in total. The van der Waals surface area contributed by atoms with Crippen LogP contribution in [0.1, 0.15) is 35.1 Å². The van der Waals surface area contributed by atoms with Crippen molar-refractivity contribution < 1.29 is 4.39 Å². The summed E-state index contributed by atoms with van der Waals surface area (Å²) >= 11 is 0. The maximum atomic E-state index is 13.0. The van der Waals surface area contributed by atoms with Crippen molar-refractivity contribution in [1.29, 1.82) is 0 Å². The Morgan fingerprint density at radius 3 is 2.26 bits per heavy atom. The van der Waals surface area contributed by atoms with E-state index in [4.69, 9.17) is 0 Å². The van der Waals surface area contributed by atoms with Crippen molar-refractivity contribution in [1.82, 2.24) is 5.32 Å². The second-order valence-corrected chi connectivity index (χ2v) is 4.81. The summed E-state index contributed by atoms with van der Waals surface area (Å²) in [5, 5.41) is 3.36. The van der Waals surface area contributed by atoms with E-state index in [2.05, 4.69) is 29.6 Å². The van der Waals surface area contributed by atoms with Crippen molar-refractivity contribution in [2.75, 3.05) is 7.05 Å². The fourth-order valence-electron chi connectivity index (χ4n) is 2.92. The molecule has 0 spiro atoms. The van der Waals surface area contributed by atoms with Gasteiger partial charge in [-0.1, -0.05) is 36.4 Å². The molecule has 1 aliphatic carbocycles. The molecule has 19 heavy (non-hydrogen) atoms. The van der Waals surface area contributed by atoms with Crippen LogP contribution in [-0.2, 0) is 0 Å². The lowest BCUT2D eigenvalue weighted by molar-refractivity contribution is 0.563. The van der Waals surface area contributed by atoms with Crippen molar-refractivity contribution in [3.63, 3.8) is 0 Å². The number of benzene rings is 2. The number of hydrogen-bond donors (Lipinski definition) is 1. The first-order valence-electron chi connectivity index (χ1n) is 6.31. The zero-order valence-electron chi connectivity index (χ0n) is 10.8. The first-order chi connectivity index (χ1) is 8.79. The molecule has 2 atom stereocenters. The molecule has 3 rings (SSSR count). The van der Waals surface area contributed by atoms with E-state index >= 15 is 0 Å². The summed E-state index contributed by atoms with van der Waals surface area (Å²) in [5.74, 6) is 0.203. The third kappa shape index (κ3) is 2.51. The van der Waals surface area contributed by atoms with E-state index in [0.717, 1.165) is 6.42 Å². The summed E-state index contributed by atoms with van der Waals surface area (Å²) < 4.78 is 13.0. The zero-order chi connectivity index (χ0) is 12.5. The van der Waals surface area contributed by atoms with Crippen LogP contribution in [-0.4, -0.2) is 7.05 Å². The fraction of sp³-hybridized carbons (Fsp3) is 0.250. The van der Waals surface area contributed by atoms with Gasteiger partial charge in [-0.3, -0.25) is 0 Å². The van der Waals surface area contributed by atoms with Crippen LogP contribution in [0, 0.1) is 5.82 Å². The summed E-state index contributed by atoms with van der Waals surface area (Å²) in [4.78, 5) is 0. The molecule has 1 N–H and O–H groups in total. The SMILES string of the molecule is CNC1CC(c2ccc(F)cc2)c2ccccc21.Cl. The molecule has 0 amide bonds. The molecule has 0 fully saturated rings. The molecule has 2 unspecified atom stereocenters. The summed E-state index contributed by atoms with van der Waals surface area (Å²) in [6.45, 7) is 0. The lowest BCUT2D eigenvalue weighted by Crippen LogP contribution is -2.13. The van der Waals surface area contributed by atoms with Gasteiger partial charge in [0.15, 0.2) is 0 Å². The lowest BCUT2D eigenvalue weighted by Gasteiger charge is -2.12. The molecule has 3 heteroatoms. The lowest BCUT2D eigenvalue weighted by atomic mass is 9.93. The first kappa shape index (κ1) is 14.0. The monoisotopic (exact) mass is 277 g/mol. The summed E-state index contributed by atoms with van der Waals surface area (Å²) in [7, 11) is 1.99. The van der Waals surface area contributed by atoms with Crippen LogP contribution in [0.5, 0.6) is 0 Å². The normalized spacial score (nSPS) is 20.7. The van der Waals surface area contributed by atoms with Crippen molar-refractivity contribution >= 4 is 12.4 Å². The number of fused-ring (bicyclic) bond motifs is 1. The number of nitrogens with one attached hydrogen (secondary N) is 1. The fourth-order valence-corrected chi connectivity index (χ4v) is 2.92. The smallest absolute Gasteiger partial charge is 0.123 e. The van der Waals surface area contributed by atoms with Crippen molar-refractivity contribution in [3.8, 4) is 0 Å². The summed E-state index contributed by atoms with van der Waals surface area (Å²) in [5.41, 5.74) is 3.93. The standard InChI is InChI=1S/C16H16FN.ClH/c1-18-16-10-15(11-6-8-12(17)9-7-11)13-4-2-3-5-14(13)16;/h2-9,15-16,18H,10H2,1H3;1H. The Morgan fingerprint density at radius 2 is 1.63 bits per heavy atom. The highest BCUT2D eigenvalue weighted by Gasteiger charge is 2.30. The zero-order valence-corrected chi connectivity index (χ0v) is 11.6. The van der Waals surface area contributed by atoms with E-state index in [1.54, 1.807) is 12.1 Å². The largest absolute Gasteiger partial charge is 0.313 e. The predicted octanol–water partition coefficient (Wildman–Crippen LogP) is 4.04. The number of halogens is 2. The van der Waals surface area contributed by atoms with Gasteiger partial charge >= 0.3 is 0 Å². The second-order valence-electron chi connectivity index (χ2n) is 4.81. The topological polar surface area (TPSA) is 12.0 Å². The quantitative estimate of drug-likeness (QED) is 0.873.